The number of nitrogens with two attached hydrogens (primary N) is 1. The van der Waals surface area contributed by atoms with Crippen molar-refractivity contribution in [1.82, 2.24) is 14.6 Å². The Balaban J connectivity index is 1.78. The van der Waals surface area contributed by atoms with Crippen molar-refractivity contribution in [2.45, 2.75) is 36.9 Å². The fourth-order valence-electron chi connectivity index (χ4n) is 3.11. The van der Waals surface area contributed by atoms with Gasteiger partial charge in [-0.05, 0) is 19.1 Å². The summed E-state index contributed by atoms with van der Waals surface area (Å²) in [5.41, 5.74) is 4.60. The summed E-state index contributed by atoms with van der Waals surface area (Å²) in [6.07, 6.45) is -4.69. The predicted octanol–water partition coefficient (Wildman–Crippen LogP) is -0.445. The zero-order chi connectivity index (χ0) is 21.2. The topological polar surface area (TPSA) is 174 Å². The predicted molar refractivity (Wildman–Crippen MR) is 95.4 cm³/mol. The average Bonchev–Trinajstić information content (AvgIpc) is 3.22. The molecule has 156 valence electrons. The van der Waals surface area contributed by atoms with Crippen molar-refractivity contribution in [1.29, 1.82) is 5.26 Å². The van der Waals surface area contributed by atoms with Gasteiger partial charge in [0.25, 0.3) is 0 Å². The summed E-state index contributed by atoms with van der Waals surface area (Å²) in [5.74, 6) is 0.210. The van der Waals surface area contributed by atoms with E-state index in [1.165, 1.54) is 18.0 Å². The van der Waals surface area contributed by atoms with E-state index in [0.29, 0.717) is 11.2 Å². The quantitative estimate of drug-likeness (QED) is 0.529. The molecule has 0 unspecified atom stereocenters. The highest BCUT2D eigenvalue weighted by Gasteiger charge is 2.57. The smallest absolute Gasteiger partial charge is 0.430 e. The van der Waals surface area contributed by atoms with Gasteiger partial charge < -0.3 is 34.9 Å². The lowest BCUT2D eigenvalue weighted by molar-refractivity contribution is -0.0903. The second-order valence-electron chi connectivity index (χ2n) is 6.60. The van der Waals surface area contributed by atoms with E-state index in [2.05, 4.69) is 10.1 Å². The molecule has 1 aliphatic heterocycles. The lowest BCUT2D eigenvalue weighted by Gasteiger charge is -2.24. The van der Waals surface area contributed by atoms with Gasteiger partial charge in [0.1, 0.15) is 48.9 Å². The van der Waals surface area contributed by atoms with Crippen molar-refractivity contribution >= 4 is 17.5 Å². The second kappa shape index (κ2) is 8.18. The molecule has 0 aliphatic carbocycles. The molecule has 0 aromatic carbocycles. The van der Waals surface area contributed by atoms with Crippen LogP contribution < -0.4 is 5.73 Å². The number of aliphatic hydroxyl groups is 2. The van der Waals surface area contributed by atoms with Crippen LogP contribution >= 0.6 is 0 Å². The molecule has 0 spiro atoms. The number of aromatic nitrogens is 3. The van der Waals surface area contributed by atoms with Crippen LogP contribution in [0.2, 0.25) is 0 Å². The monoisotopic (exact) mass is 407 g/mol. The van der Waals surface area contributed by atoms with Crippen LogP contribution in [0.5, 0.6) is 0 Å². The normalized spacial score (nSPS) is 27.5. The van der Waals surface area contributed by atoms with Gasteiger partial charge in [-0.15, -0.1) is 0 Å². The van der Waals surface area contributed by atoms with E-state index in [1.54, 1.807) is 25.1 Å². The number of nitrogens with zero attached hydrogens (tertiary/aromatic N) is 4. The van der Waals surface area contributed by atoms with Crippen molar-refractivity contribution in [3.8, 4) is 6.07 Å². The average molecular weight is 407 g/mol. The number of anilines is 1. The first-order chi connectivity index (χ1) is 13.8. The molecular formula is C17H21N5O7. The third kappa shape index (κ3) is 3.81. The number of nitrogen functional groups attached to an aromatic ring is 1. The number of rotatable bonds is 6. The van der Waals surface area contributed by atoms with Crippen molar-refractivity contribution in [3.63, 3.8) is 0 Å². The second-order valence-corrected chi connectivity index (χ2v) is 6.60. The highest BCUT2D eigenvalue weighted by molar-refractivity contribution is 5.65. The largest absolute Gasteiger partial charge is 0.508 e. The van der Waals surface area contributed by atoms with Gasteiger partial charge >= 0.3 is 6.16 Å². The number of methoxy groups -OCH3 is 1. The molecule has 12 nitrogen and oxygen atoms in total. The van der Waals surface area contributed by atoms with E-state index in [9.17, 15) is 20.3 Å². The van der Waals surface area contributed by atoms with E-state index in [1.807, 2.05) is 0 Å². The number of carbonyl (C=O) groups is 1. The van der Waals surface area contributed by atoms with E-state index in [0.717, 1.165) is 0 Å². The van der Waals surface area contributed by atoms with Crippen LogP contribution in [0, 0.1) is 11.3 Å². The first-order valence-electron chi connectivity index (χ1n) is 8.68. The Kier molecular flexibility index (Phi) is 5.85. The summed E-state index contributed by atoms with van der Waals surface area (Å²) >= 11 is 0. The minimum absolute atomic E-state index is 0.157. The third-order valence-electron chi connectivity index (χ3n) is 4.54. The Morgan fingerprint density at radius 2 is 2.28 bits per heavy atom. The minimum atomic E-state index is -2.00. The maximum atomic E-state index is 11.8. The molecule has 29 heavy (non-hydrogen) atoms. The van der Waals surface area contributed by atoms with Crippen molar-refractivity contribution in [2.24, 2.45) is 0 Å². The number of aliphatic hydroxyl groups excluding tert-OH is 2. The van der Waals surface area contributed by atoms with Crippen LogP contribution in [0.4, 0.5) is 10.6 Å². The van der Waals surface area contributed by atoms with Crippen LogP contribution in [-0.2, 0) is 18.9 Å². The first-order valence-corrected chi connectivity index (χ1v) is 8.68. The zero-order valence-electron chi connectivity index (χ0n) is 15.8. The SMILES string of the molecule is COC[C@@H](C)OC(=O)OC[C@@]1(C#N)O[C@@H](c2ccc3c(N)ncnn23)[C@H](O)[C@@H]1O. The number of nitriles is 1. The number of carbonyl (C=O) groups excluding carboxylic acids is 1. The van der Waals surface area contributed by atoms with Crippen LogP contribution in [-0.4, -0.2) is 75.2 Å². The van der Waals surface area contributed by atoms with Gasteiger partial charge in [-0.3, -0.25) is 0 Å². The molecule has 3 rings (SSSR count). The summed E-state index contributed by atoms with van der Waals surface area (Å²) < 4.78 is 21.8. The van der Waals surface area contributed by atoms with Crippen LogP contribution in [0.1, 0.15) is 18.7 Å². The van der Waals surface area contributed by atoms with Gasteiger partial charge in [-0.25, -0.2) is 14.3 Å². The summed E-state index contributed by atoms with van der Waals surface area (Å²) in [6.45, 7) is 1.10. The van der Waals surface area contributed by atoms with Gasteiger partial charge in [-0.1, -0.05) is 0 Å². The lowest BCUT2D eigenvalue weighted by Crippen LogP contribution is -2.46. The van der Waals surface area contributed by atoms with Crippen LogP contribution in [0.25, 0.3) is 5.52 Å². The molecule has 0 saturated carbocycles. The highest BCUT2D eigenvalue weighted by Crippen LogP contribution is 2.40. The van der Waals surface area contributed by atoms with E-state index in [4.69, 9.17) is 24.7 Å². The number of fused-ring (bicyclic) bond motifs is 1. The molecule has 0 radical (unpaired) electrons. The van der Waals surface area contributed by atoms with Crippen molar-refractivity contribution in [2.75, 3.05) is 26.1 Å². The number of hydrogen-bond acceptors (Lipinski definition) is 11. The van der Waals surface area contributed by atoms with Crippen LogP contribution in [0.15, 0.2) is 18.5 Å². The molecule has 3 heterocycles. The molecule has 1 fully saturated rings. The Morgan fingerprint density at radius 3 is 2.97 bits per heavy atom. The van der Waals surface area contributed by atoms with Gasteiger partial charge in [0, 0.05) is 7.11 Å². The molecule has 12 heteroatoms. The minimum Gasteiger partial charge on any atom is -0.430 e. The Bertz CT molecular complexity index is 929. The Morgan fingerprint density at radius 1 is 1.52 bits per heavy atom. The molecular weight excluding hydrogens is 386 g/mol. The molecule has 0 amide bonds. The maximum Gasteiger partial charge on any atom is 0.508 e. The summed E-state index contributed by atoms with van der Waals surface area (Å²) in [5, 5.41) is 34.6. The van der Waals surface area contributed by atoms with Gasteiger partial charge in [0.2, 0.25) is 5.60 Å². The third-order valence-corrected chi connectivity index (χ3v) is 4.54. The number of ether oxygens (including phenoxy) is 4. The van der Waals surface area contributed by atoms with E-state index >= 15 is 0 Å². The fourth-order valence-corrected chi connectivity index (χ4v) is 3.11. The summed E-state index contributed by atoms with van der Waals surface area (Å²) in [4.78, 5) is 15.7. The zero-order valence-corrected chi connectivity index (χ0v) is 15.8. The first kappa shape index (κ1) is 20.7. The van der Waals surface area contributed by atoms with Gasteiger partial charge in [-0.2, -0.15) is 10.4 Å². The van der Waals surface area contributed by atoms with Crippen molar-refractivity contribution < 1.29 is 34.0 Å². The summed E-state index contributed by atoms with van der Waals surface area (Å²) in [6, 6.07) is 4.98. The fraction of sp³-hybridized carbons (Fsp3) is 0.529. The molecule has 4 N–H and O–H groups in total. The lowest BCUT2D eigenvalue weighted by atomic mass is 9.96. The molecule has 1 saturated heterocycles. The molecule has 2 aromatic heterocycles. The Labute approximate surface area is 165 Å². The van der Waals surface area contributed by atoms with Crippen LogP contribution in [0.3, 0.4) is 0 Å². The van der Waals surface area contributed by atoms with E-state index < -0.39 is 42.8 Å². The molecule has 1 aliphatic rings. The van der Waals surface area contributed by atoms with Gasteiger partial charge in [0.15, 0.2) is 5.82 Å². The molecule has 0 bridgehead atoms. The van der Waals surface area contributed by atoms with Crippen molar-refractivity contribution in [3.05, 3.63) is 24.2 Å². The molecule has 2 aromatic rings. The maximum absolute atomic E-state index is 11.8. The molecule has 5 atom stereocenters. The standard InChI is InChI=1S/C17H21N5O7/c1-9(5-26-2)28-16(25)27-7-17(6-18)14(24)12(23)13(29-17)10-3-4-11-15(19)20-8-21-22(10)11/h3-4,8-9,12-14,23-24H,5,7H2,1-2H3,(H2,19,20,21)/t9-,12+,13+,14+,17-/m1/s1. The van der Waals surface area contributed by atoms with E-state index in [-0.39, 0.29) is 12.4 Å². The highest BCUT2D eigenvalue weighted by atomic mass is 16.7. The summed E-state index contributed by atoms with van der Waals surface area (Å²) in [7, 11) is 1.45. The van der Waals surface area contributed by atoms with Gasteiger partial charge in [0.05, 0.1) is 12.3 Å². The Hall–Kier alpha value is -2.98. The number of hydrogen-bond donors (Lipinski definition) is 3.